The number of carbonyl (C=O) groups excluding carboxylic acids is 1. The van der Waals surface area contributed by atoms with E-state index >= 15 is 0 Å². The molecule has 22 heavy (non-hydrogen) atoms. The third-order valence-corrected chi connectivity index (χ3v) is 3.83. The van der Waals surface area contributed by atoms with Crippen molar-refractivity contribution < 1.29 is 9.53 Å². The Labute approximate surface area is 134 Å². The first-order valence-corrected chi connectivity index (χ1v) is 7.49. The molecule has 1 heterocycles. The van der Waals surface area contributed by atoms with E-state index in [9.17, 15) is 4.79 Å². The van der Waals surface area contributed by atoms with Gasteiger partial charge in [-0.3, -0.25) is 4.79 Å². The van der Waals surface area contributed by atoms with Gasteiger partial charge in [-0.1, -0.05) is 25.1 Å². The molecule has 5 heteroatoms. The maximum Gasteiger partial charge on any atom is 0.230 e. The summed E-state index contributed by atoms with van der Waals surface area (Å²) in [5.41, 5.74) is 0.942. The van der Waals surface area contributed by atoms with Crippen LogP contribution in [-0.2, 0) is 4.79 Å². The Morgan fingerprint density at radius 1 is 1.09 bits per heavy atom. The van der Waals surface area contributed by atoms with Gasteiger partial charge in [0.25, 0.3) is 0 Å². The summed E-state index contributed by atoms with van der Waals surface area (Å²) < 4.78 is 5.76. The van der Waals surface area contributed by atoms with Gasteiger partial charge in [0, 0.05) is 12.2 Å². The molecule has 1 atom stereocenters. The Morgan fingerprint density at radius 2 is 1.73 bits per heavy atom. The quantitative estimate of drug-likeness (QED) is 0.883. The Balaban J connectivity index is 1.74. The molecule has 1 aliphatic heterocycles. The van der Waals surface area contributed by atoms with E-state index in [1.807, 2.05) is 66.4 Å². The van der Waals surface area contributed by atoms with Crippen LogP contribution in [-0.4, -0.2) is 17.6 Å². The molecular formula is C17H16N2O2S. The van der Waals surface area contributed by atoms with Crippen LogP contribution in [0.3, 0.4) is 0 Å². The number of ether oxygens (including phenoxy) is 1. The zero-order chi connectivity index (χ0) is 15.5. The third-order valence-electron chi connectivity index (χ3n) is 3.51. The van der Waals surface area contributed by atoms with E-state index in [1.165, 1.54) is 0 Å². The highest BCUT2D eigenvalue weighted by atomic mass is 32.1. The van der Waals surface area contributed by atoms with Gasteiger partial charge < -0.3 is 15.0 Å². The molecule has 112 valence electrons. The molecule has 3 rings (SSSR count). The summed E-state index contributed by atoms with van der Waals surface area (Å²) in [5.74, 6) is 1.44. The summed E-state index contributed by atoms with van der Waals surface area (Å²) in [7, 11) is 0. The largest absolute Gasteiger partial charge is 0.457 e. The second-order valence-corrected chi connectivity index (χ2v) is 5.60. The van der Waals surface area contributed by atoms with E-state index in [0.717, 1.165) is 17.2 Å². The summed E-state index contributed by atoms with van der Waals surface area (Å²) in [6, 6.07) is 17.3. The molecule has 0 unspecified atom stereocenters. The Kier molecular flexibility index (Phi) is 4.06. The lowest BCUT2D eigenvalue weighted by molar-refractivity contribution is -0.123. The number of rotatable bonds is 3. The van der Waals surface area contributed by atoms with Crippen molar-refractivity contribution in [1.82, 2.24) is 5.32 Å². The molecule has 2 aromatic rings. The number of benzene rings is 2. The van der Waals surface area contributed by atoms with Crippen molar-refractivity contribution in [3.8, 4) is 11.5 Å². The number of hydrogen-bond donors (Lipinski definition) is 1. The van der Waals surface area contributed by atoms with Gasteiger partial charge in [-0.15, -0.1) is 0 Å². The highest BCUT2D eigenvalue weighted by Gasteiger charge is 2.27. The number of hydrogen-bond acceptors (Lipinski definition) is 3. The van der Waals surface area contributed by atoms with Crippen molar-refractivity contribution in [3.05, 3.63) is 54.6 Å². The minimum Gasteiger partial charge on any atom is -0.457 e. The Hall–Kier alpha value is -2.40. The van der Waals surface area contributed by atoms with Crippen LogP contribution < -0.4 is 15.0 Å². The number of nitrogens with one attached hydrogen (secondary N) is 1. The third kappa shape index (κ3) is 3.09. The van der Waals surface area contributed by atoms with Crippen molar-refractivity contribution >= 4 is 28.9 Å². The van der Waals surface area contributed by atoms with Gasteiger partial charge in [0.05, 0.1) is 5.92 Å². The first-order valence-electron chi connectivity index (χ1n) is 7.09. The molecule has 1 amide bonds. The molecule has 4 nitrogen and oxygen atoms in total. The van der Waals surface area contributed by atoms with Crippen molar-refractivity contribution in [2.45, 2.75) is 6.92 Å². The second-order valence-electron chi connectivity index (χ2n) is 5.22. The van der Waals surface area contributed by atoms with Crippen LogP contribution >= 0.6 is 12.2 Å². The number of thiocarbonyl (C=S) groups is 1. The zero-order valence-electron chi connectivity index (χ0n) is 12.2. The first-order chi connectivity index (χ1) is 10.6. The zero-order valence-corrected chi connectivity index (χ0v) is 13.0. The smallest absolute Gasteiger partial charge is 0.230 e. The van der Waals surface area contributed by atoms with E-state index in [2.05, 4.69) is 5.32 Å². The van der Waals surface area contributed by atoms with Crippen LogP contribution in [0.4, 0.5) is 5.69 Å². The highest BCUT2D eigenvalue weighted by molar-refractivity contribution is 7.80. The summed E-state index contributed by atoms with van der Waals surface area (Å²) in [6.07, 6.45) is 0. The summed E-state index contributed by atoms with van der Waals surface area (Å²) in [6.45, 7) is 2.47. The molecule has 0 bridgehead atoms. The molecule has 0 aliphatic carbocycles. The molecule has 1 fully saturated rings. The lowest BCUT2D eigenvalue weighted by atomic mass is 10.1. The van der Waals surface area contributed by atoms with Gasteiger partial charge in [-0.05, 0) is 48.6 Å². The summed E-state index contributed by atoms with van der Waals surface area (Å²) in [4.78, 5) is 13.5. The second kappa shape index (κ2) is 6.15. The van der Waals surface area contributed by atoms with Crippen LogP contribution in [0.1, 0.15) is 6.92 Å². The fourth-order valence-corrected chi connectivity index (χ4v) is 2.56. The Bertz CT molecular complexity index is 686. The maximum absolute atomic E-state index is 11.6. The number of amides is 1. The SMILES string of the molecule is C[C@H]1CN(c2ccc(Oc3ccccc3)cc2)C(=S)NC1=O. The van der Waals surface area contributed by atoms with E-state index < -0.39 is 0 Å². The summed E-state index contributed by atoms with van der Waals surface area (Å²) >= 11 is 5.24. The molecular weight excluding hydrogens is 296 g/mol. The van der Waals surface area contributed by atoms with Gasteiger partial charge in [0.15, 0.2) is 5.11 Å². The number of carbonyl (C=O) groups is 1. The van der Waals surface area contributed by atoms with E-state index in [0.29, 0.717) is 11.7 Å². The average molecular weight is 312 g/mol. The minimum atomic E-state index is -0.0908. The van der Waals surface area contributed by atoms with Crippen molar-refractivity contribution in [2.75, 3.05) is 11.4 Å². The normalized spacial score (nSPS) is 18.0. The van der Waals surface area contributed by atoms with Crippen molar-refractivity contribution in [2.24, 2.45) is 5.92 Å². The minimum absolute atomic E-state index is 0.0229. The van der Waals surface area contributed by atoms with Crippen LogP contribution in [0, 0.1) is 5.92 Å². The standard InChI is InChI=1S/C17H16N2O2S/c1-12-11-19(17(22)18-16(12)20)13-7-9-15(10-8-13)21-14-5-3-2-4-6-14/h2-10,12H,11H2,1H3,(H,18,20,22)/t12-/m0/s1. The number of para-hydroxylation sites is 1. The highest BCUT2D eigenvalue weighted by Crippen LogP contribution is 2.25. The van der Waals surface area contributed by atoms with Gasteiger partial charge in [0.2, 0.25) is 5.91 Å². The molecule has 0 radical (unpaired) electrons. The average Bonchev–Trinajstić information content (AvgIpc) is 2.53. The molecule has 0 saturated carbocycles. The predicted octanol–water partition coefficient (Wildman–Crippen LogP) is 3.34. The van der Waals surface area contributed by atoms with Crippen LogP contribution in [0.15, 0.2) is 54.6 Å². The molecule has 0 aromatic heterocycles. The molecule has 1 aliphatic rings. The van der Waals surface area contributed by atoms with Crippen molar-refractivity contribution in [3.63, 3.8) is 0 Å². The lowest BCUT2D eigenvalue weighted by Crippen LogP contribution is -2.53. The van der Waals surface area contributed by atoms with Gasteiger partial charge in [0.1, 0.15) is 11.5 Å². The fraction of sp³-hybridized carbons (Fsp3) is 0.176. The van der Waals surface area contributed by atoms with Gasteiger partial charge in [-0.25, -0.2) is 0 Å². The van der Waals surface area contributed by atoms with Crippen molar-refractivity contribution in [1.29, 1.82) is 0 Å². The van der Waals surface area contributed by atoms with E-state index in [-0.39, 0.29) is 11.8 Å². The topological polar surface area (TPSA) is 41.6 Å². The molecule has 2 aromatic carbocycles. The maximum atomic E-state index is 11.6. The number of nitrogens with zero attached hydrogens (tertiary/aromatic N) is 1. The predicted molar refractivity (Wildman–Crippen MR) is 90.2 cm³/mol. The fourth-order valence-electron chi connectivity index (χ4n) is 2.28. The molecule has 1 N–H and O–H groups in total. The van der Waals surface area contributed by atoms with Gasteiger partial charge >= 0.3 is 0 Å². The summed E-state index contributed by atoms with van der Waals surface area (Å²) in [5, 5.41) is 3.16. The number of anilines is 1. The first kappa shape index (κ1) is 14.5. The lowest BCUT2D eigenvalue weighted by Gasteiger charge is -2.32. The van der Waals surface area contributed by atoms with E-state index in [4.69, 9.17) is 17.0 Å². The van der Waals surface area contributed by atoms with Crippen LogP contribution in [0.25, 0.3) is 0 Å². The van der Waals surface area contributed by atoms with Gasteiger partial charge in [-0.2, -0.15) is 0 Å². The van der Waals surface area contributed by atoms with Crippen LogP contribution in [0.5, 0.6) is 11.5 Å². The molecule has 0 spiro atoms. The van der Waals surface area contributed by atoms with Crippen LogP contribution in [0.2, 0.25) is 0 Å². The van der Waals surface area contributed by atoms with E-state index in [1.54, 1.807) is 0 Å². The monoisotopic (exact) mass is 312 g/mol. The molecule has 1 saturated heterocycles. The Morgan fingerprint density at radius 3 is 2.41 bits per heavy atom.